The molecule has 0 radical (unpaired) electrons. The van der Waals surface area contributed by atoms with Gasteiger partial charge >= 0.3 is 0 Å². The SMILES string of the molecule is Cc1cc(C[C@@H]2CN(CC(=O)Nc3ccn(C)n3)C[C@H]2O)on1. The molecular formula is C15H21N5O3. The predicted molar refractivity (Wildman–Crippen MR) is 82.7 cm³/mol. The van der Waals surface area contributed by atoms with E-state index in [1.165, 1.54) is 0 Å². The van der Waals surface area contributed by atoms with Crippen LogP contribution in [0.4, 0.5) is 5.82 Å². The molecule has 2 aromatic rings. The second-order valence-electron chi connectivity index (χ2n) is 6.08. The number of β-amino-alcohol motifs (C(OH)–C–C–N with tert-alkyl or cyclic N) is 1. The molecule has 2 atom stereocenters. The molecule has 1 aliphatic heterocycles. The van der Waals surface area contributed by atoms with E-state index in [9.17, 15) is 9.90 Å². The number of hydrogen-bond donors (Lipinski definition) is 2. The van der Waals surface area contributed by atoms with Crippen LogP contribution >= 0.6 is 0 Å². The van der Waals surface area contributed by atoms with Crippen molar-refractivity contribution < 1.29 is 14.4 Å². The van der Waals surface area contributed by atoms with Crippen LogP contribution in [0, 0.1) is 12.8 Å². The number of anilines is 1. The third-order valence-electron chi connectivity index (χ3n) is 3.97. The van der Waals surface area contributed by atoms with E-state index in [1.807, 2.05) is 17.9 Å². The van der Waals surface area contributed by atoms with Crippen LogP contribution in [0.25, 0.3) is 0 Å². The van der Waals surface area contributed by atoms with E-state index in [0.717, 1.165) is 11.5 Å². The van der Waals surface area contributed by atoms with Gasteiger partial charge in [-0.1, -0.05) is 5.16 Å². The predicted octanol–water partition coefficient (Wildman–Crippen LogP) is 0.190. The molecule has 0 aliphatic carbocycles. The van der Waals surface area contributed by atoms with Crippen molar-refractivity contribution in [2.45, 2.75) is 19.4 Å². The molecule has 1 aliphatic rings. The first kappa shape index (κ1) is 15.7. The minimum absolute atomic E-state index is 0.0463. The summed E-state index contributed by atoms with van der Waals surface area (Å²) < 4.78 is 6.83. The minimum atomic E-state index is -0.469. The van der Waals surface area contributed by atoms with E-state index in [4.69, 9.17) is 4.52 Å². The number of carbonyl (C=O) groups is 1. The van der Waals surface area contributed by atoms with Gasteiger partial charge in [0.05, 0.1) is 18.3 Å². The molecule has 0 spiro atoms. The summed E-state index contributed by atoms with van der Waals surface area (Å²) in [6.45, 7) is 3.23. The van der Waals surface area contributed by atoms with Gasteiger partial charge in [-0.3, -0.25) is 14.4 Å². The average Bonchev–Trinajstić information content (AvgIpc) is 3.14. The van der Waals surface area contributed by atoms with Crippen molar-refractivity contribution in [2.24, 2.45) is 13.0 Å². The fraction of sp³-hybridized carbons (Fsp3) is 0.533. The van der Waals surface area contributed by atoms with Crippen LogP contribution in [0.2, 0.25) is 0 Å². The molecule has 3 rings (SSSR count). The number of nitrogens with zero attached hydrogens (tertiary/aromatic N) is 4. The van der Waals surface area contributed by atoms with Gasteiger partial charge in [0, 0.05) is 50.8 Å². The molecule has 23 heavy (non-hydrogen) atoms. The Morgan fingerprint density at radius 3 is 3.00 bits per heavy atom. The second kappa shape index (κ2) is 6.51. The summed E-state index contributed by atoms with van der Waals surface area (Å²) in [5.74, 6) is 1.22. The fourth-order valence-corrected chi connectivity index (χ4v) is 2.91. The highest BCUT2D eigenvalue weighted by atomic mass is 16.5. The second-order valence-corrected chi connectivity index (χ2v) is 6.08. The molecule has 1 saturated heterocycles. The van der Waals surface area contributed by atoms with Gasteiger partial charge in [0.2, 0.25) is 5.91 Å². The normalized spacial score (nSPS) is 21.7. The molecule has 8 heteroatoms. The van der Waals surface area contributed by atoms with E-state index in [1.54, 1.807) is 24.0 Å². The topological polar surface area (TPSA) is 96.4 Å². The highest BCUT2D eigenvalue weighted by molar-refractivity contribution is 5.91. The summed E-state index contributed by atoms with van der Waals surface area (Å²) in [6.07, 6.45) is 1.92. The average molecular weight is 319 g/mol. The van der Waals surface area contributed by atoms with E-state index in [0.29, 0.717) is 25.3 Å². The number of aryl methyl sites for hydroxylation is 2. The number of nitrogens with one attached hydrogen (secondary N) is 1. The molecule has 8 nitrogen and oxygen atoms in total. The summed E-state index contributed by atoms with van der Waals surface area (Å²) in [5, 5.41) is 20.9. The molecule has 0 aromatic carbocycles. The van der Waals surface area contributed by atoms with E-state index >= 15 is 0 Å². The Bertz CT molecular complexity index is 680. The fourth-order valence-electron chi connectivity index (χ4n) is 2.91. The van der Waals surface area contributed by atoms with Crippen LogP contribution in [0.1, 0.15) is 11.5 Å². The first-order chi connectivity index (χ1) is 11.0. The van der Waals surface area contributed by atoms with Gasteiger partial charge in [0.15, 0.2) is 5.82 Å². The molecule has 3 heterocycles. The standard InChI is InChI=1S/C15H21N5O3/c1-10-5-12(23-18-10)6-11-7-20(8-13(11)21)9-15(22)16-14-3-4-19(2)17-14/h3-5,11,13,21H,6-9H2,1-2H3,(H,16,17,22)/t11-,13-/m1/s1. The van der Waals surface area contributed by atoms with Crippen molar-refractivity contribution in [3.8, 4) is 0 Å². The molecule has 0 bridgehead atoms. The largest absolute Gasteiger partial charge is 0.391 e. The number of rotatable bonds is 5. The van der Waals surface area contributed by atoms with Gasteiger partial charge in [-0.05, 0) is 6.92 Å². The Morgan fingerprint density at radius 1 is 1.52 bits per heavy atom. The number of aliphatic hydroxyl groups excluding tert-OH is 1. The monoisotopic (exact) mass is 319 g/mol. The van der Waals surface area contributed by atoms with Gasteiger partial charge < -0.3 is 14.9 Å². The summed E-state index contributed by atoms with van der Waals surface area (Å²) in [4.78, 5) is 14.0. The third kappa shape index (κ3) is 3.96. The minimum Gasteiger partial charge on any atom is -0.391 e. The highest BCUT2D eigenvalue weighted by Gasteiger charge is 2.33. The van der Waals surface area contributed by atoms with Crippen molar-refractivity contribution in [2.75, 3.05) is 25.0 Å². The van der Waals surface area contributed by atoms with Gasteiger partial charge in [-0.25, -0.2) is 0 Å². The number of hydrogen-bond acceptors (Lipinski definition) is 6. The maximum Gasteiger partial charge on any atom is 0.239 e. The zero-order valence-electron chi connectivity index (χ0n) is 13.3. The van der Waals surface area contributed by atoms with Crippen LogP contribution in [0.3, 0.4) is 0 Å². The summed E-state index contributed by atoms with van der Waals surface area (Å²) in [7, 11) is 1.79. The Kier molecular flexibility index (Phi) is 4.44. The van der Waals surface area contributed by atoms with E-state index < -0.39 is 6.10 Å². The van der Waals surface area contributed by atoms with Crippen LogP contribution in [-0.4, -0.2) is 56.6 Å². The first-order valence-electron chi connectivity index (χ1n) is 7.61. The molecule has 1 amide bonds. The quantitative estimate of drug-likeness (QED) is 0.817. The zero-order valence-corrected chi connectivity index (χ0v) is 13.3. The molecular weight excluding hydrogens is 298 g/mol. The lowest BCUT2D eigenvalue weighted by Crippen LogP contribution is -2.32. The lowest BCUT2D eigenvalue weighted by atomic mass is 10.0. The molecule has 0 unspecified atom stereocenters. The van der Waals surface area contributed by atoms with Gasteiger partial charge in [0.1, 0.15) is 5.76 Å². The number of amides is 1. The highest BCUT2D eigenvalue weighted by Crippen LogP contribution is 2.21. The number of aliphatic hydroxyl groups is 1. The van der Waals surface area contributed by atoms with Gasteiger partial charge in [-0.15, -0.1) is 0 Å². The van der Waals surface area contributed by atoms with Crippen LogP contribution in [0.15, 0.2) is 22.9 Å². The lowest BCUT2D eigenvalue weighted by Gasteiger charge is -2.14. The Morgan fingerprint density at radius 2 is 2.35 bits per heavy atom. The van der Waals surface area contributed by atoms with Crippen molar-refractivity contribution in [1.29, 1.82) is 0 Å². The van der Waals surface area contributed by atoms with E-state index in [-0.39, 0.29) is 18.4 Å². The van der Waals surface area contributed by atoms with E-state index in [2.05, 4.69) is 15.6 Å². The van der Waals surface area contributed by atoms with Crippen molar-refractivity contribution in [1.82, 2.24) is 19.8 Å². The number of aromatic nitrogens is 3. The lowest BCUT2D eigenvalue weighted by molar-refractivity contribution is -0.117. The third-order valence-corrected chi connectivity index (χ3v) is 3.97. The Hall–Kier alpha value is -2.19. The first-order valence-corrected chi connectivity index (χ1v) is 7.61. The smallest absolute Gasteiger partial charge is 0.239 e. The summed E-state index contributed by atoms with van der Waals surface area (Å²) in [6, 6.07) is 3.62. The molecule has 2 N–H and O–H groups in total. The van der Waals surface area contributed by atoms with Crippen molar-refractivity contribution >= 4 is 11.7 Å². The Balaban J connectivity index is 1.50. The van der Waals surface area contributed by atoms with Gasteiger partial charge in [0.25, 0.3) is 0 Å². The number of carbonyl (C=O) groups excluding carboxylic acids is 1. The molecule has 124 valence electrons. The Labute approximate surface area is 134 Å². The maximum atomic E-state index is 12.0. The van der Waals surface area contributed by atoms with Crippen molar-refractivity contribution in [3.05, 3.63) is 29.8 Å². The van der Waals surface area contributed by atoms with Crippen molar-refractivity contribution in [3.63, 3.8) is 0 Å². The molecule has 2 aromatic heterocycles. The number of likely N-dealkylation sites (tertiary alicyclic amines) is 1. The van der Waals surface area contributed by atoms with Crippen LogP contribution in [-0.2, 0) is 18.3 Å². The van der Waals surface area contributed by atoms with Crippen LogP contribution in [0.5, 0.6) is 0 Å². The summed E-state index contributed by atoms with van der Waals surface area (Å²) in [5.41, 5.74) is 0.832. The molecule has 0 saturated carbocycles. The van der Waals surface area contributed by atoms with Gasteiger partial charge in [-0.2, -0.15) is 5.10 Å². The zero-order chi connectivity index (χ0) is 16.4. The van der Waals surface area contributed by atoms with Crippen LogP contribution < -0.4 is 5.32 Å². The molecule has 1 fully saturated rings. The summed E-state index contributed by atoms with van der Waals surface area (Å²) >= 11 is 0. The maximum absolute atomic E-state index is 12.0.